The summed E-state index contributed by atoms with van der Waals surface area (Å²) in [6.45, 7) is 8.08. The second kappa shape index (κ2) is 5.38. The second-order valence-corrected chi connectivity index (χ2v) is 10.5. The van der Waals surface area contributed by atoms with E-state index in [-0.39, 0.29) is 11.8 Å². The fourth-order valence-electron chi connectivity index (χ4n) is 8.55. The van der Waals surface area contributed by atoms with Gasteiger partial charge in [0.2, 0.25) is 5.79 Å². The Morgan fingerprint density at radius 3 is 2.39 bits per heavy atom. The molecule has 6 fully saturated rings. The first kappa shape index (κ1) is 19.4. The summed E-state index contributed by atoms with van der Waals surface area (Å²) in [5.41, 5.74) is -2.42. The Kier molecular flexibility index (Phi) is 3.73. The van der Waals surface area contributed by atoms with E-state index in [1.54, 1.807) is 0 Å². The number of aliphatic hydroxyl groups is 5. The highest BCUT2D eigenvalue weighted by Gasteiger charge is 2.88. The van der Waals surface area contributed by atoms with Gasteiger partial charge in [-0.3, -0.25) is 0 Å². The number of aliphatic hydroxyl groups excluding tert-OH is 4. The third-order valence-corrected chi connectivity index (χ3v) is 9.25. The van der Waals surface area contributed by atoms with Crippen LogP contribution in [0.3, 0.4) is 0 Å². The Morgan fingerprint density at radius 1 is 1.07 bits per heavy atom. The molecule has 7 nitrogen and oxygen atoms in total. The standard InChI is InChI=1S/C21H32O7/c1-9-10-8-11(22)12-19-7-5-6-18(2,3)13(19)16(25)21(26,28-17(19)27-4)20(12,14(9)23)15(10)24/h10-17,22-26H,1,5-8H2,2-4H3/t10-,11-,12-,13+,14+,15+,16-,17+,19+,20-,21+/m0/s1. The quantitative estimate of drug-likeness (QED) is 0.400. The molecule has 4 aliphatic carbocycles. The van der Waals surface area contributed by atoms with Gasteiger partial charge in [0.25, 0.3) is 0 Å². The van der Waals surface area contributed by atoms with Gasteiger partial charge in [-0.25, -0.2) is 0 Å². The number of hydrogen-bond acceptors (Lipinski definition) is 7. The summed E-state index contributed by atoms with van der Waals surface area (Å²) in [6.07, 6.45) is -2.91. The molecule has 2 spiro atoms. The first-order chi connectivity index (χ1) is 13.0. The molecule has 158 valence electrons. The first-order valence-corrected chi connectivity index (χ1v) is 10.4. The molecule has 0 amide bonds. The second-order valence-electron chi connectivity index (χ2n) is 10.5. The van der Waals surface area contributed by atoms with E-state index in [9.17, 15) is 25.5 Å². The van der Waals surface area contributed by atoms with Crippen molar-refractivity contribution in [3.05, 3.63) is 12.2 Å². The van der Waals surface area contributed by atoms with Crippen molar-refractivity contribution in [1.29, 1.82) is 0 Å². The van der Waals surface area contributed by atoms with Crippen LogP contribution in [0.4, 0.5) is 0 Å². The molecule has 0 unspecified atom stereocenters. The van der Waals surface area contributed by atoms with Gasteiger partial charge in [0.15, 0.2) is 6.29 Å². The third kappa shape index (κ3) is 1.67. The summed E-state index contributed by atoms with van der Waals surface area (Å²) in [6, 6.07) is 0. The van der Waals surface area contributed by atoms with Crippen molar-refractivity contribution >= 4 is 0 Å². The van der Waals surface area contributed by atoms with Gasteiger partial charge in [-0.1, -0.05) is 26.8 Å². The number of methoxy groups -OCH3 is 1. The molecule has 28 heavy (non-hydrogen) atoms. The van der Waals surface area contributed by atoms with Crippen molar-refractivity contribution in [2.45, 2.75) is 76.0 Å². The number of fused-ring (bicyclic) bond motifs is 2. The molecular formula is C21H32O7. The van der Waals surface area contributed by atoms with Crippen molar-refractivity contribution in [2.75, 3.05) is 7.11 Å². The molecule has 11 atom stereocenters. The lowest BCUT2D eigenvalue weighted by Crippen LogP contribution is -2.87. The van der Waals surface area contributed by atoms with E-state index in [2.05, 4.69) is 20.4 Å². The minimum Gasteiger partial charge on any atom is -0.393 e. The van der Waals surface area contributed by atoms with Crippen LogP contribution in [0, 0.1) is 34.0 Å². The molecule has 0 aromatic carbocycles. The lowest BCUT2D eigenvalue weighted by atomic mass is 9.35. The van der Waals surface area contributed by atoms with Crippen LogP contribution in [0.25, 0.3) is 0 Å². The van der Waals surface area contributed by atoms with Gasteiger partial charge in [0, 0.05) is 30.3 Å². The van der Waals surface area contributed by atoms with Gasteiger partial charge in [0.05, 0.1) is 23.7 Å². The normalized spacial score (nSPS) is 61.8. The average Bonchev–Trinajstić information content (AvgIpc) is 2.73. The van der Waals surface area contributed by atoms with Crippen LogP contribution in [-0.2, 0) is 9.47 Å². The Morgan fingerprint density at radius 2 is 1.75 bits per heavy atom. The summed E-state index contributed by atoms with van der Waals surface area (Å²) >= 11 is 0. The molecule has 0 aromatic rings. The van der Waals surface area contributed by atoms with Crippen LogP contribution in [0.1, 0.15) is 39.5 Å². The van der Waals surface area contributed by atoms with Crippen LogP contribution in [0.5, 0.6) is 0 Å². The predicted molar refractivity (Wildman–Crippen MR) is 97.6 cm³/mol. The summed E-state index contributed by atoms with van der Waals surface area (Å²) in [5, 5.41) is 57.3. The Balaban J connectivity index is 1.84. The SMILES string of the molecule is C=C1[C@@H](O)[C@]23[C@H](O)[C@H]1C[C@H](O)[C@H]2[C@]12CCCC(C)(C)[C@H]1[C@H](O)[C@@]3(O)O[C@H]2OC. The van der Waals surface area contributed by atoms with Crippen LogP contribution < -0.4 is 0 Å². The molecule has 2 aliphatic heterocycles. The molecule has 5 N–H and O–H groups in total. The lowest BCUT2D eigenvalue weighted by molar-refractivity contribution is -0.521. The molecule has 4 saturated carbocycles. The Bertz CT molecular complexity index is 724. The topological polar surface area (TPSA) is 120 Å². The molecule has 7 heteroatoms. The fraction of sp³-hybridized carbons (Fsp3) is 0.905. The first-order valence-electron chi connectivity index (χ1n) is 10.4. The zero-order valence-corrected chi connectivity index (χ0v) is 16.7. The van der Waals surface area contributed by atoms with E-state index in [1.165, 1.54) is 7.11 Å². The van der Waals surface area contributed by atoms with E-state index < -0.39 is 65.1 Å². The van der Waals surface area contributed by atoms with E-state index in [0.717, 1.165) is 12.8 Å². The summed E-state index contributed by atoms with van der Waals surface area (Å²) < 4.78 is 11.7. The number of rotatable bonds is 1. The molecule has 2 saturated heterocycles. The van der Waals surface area contributed by atoms with E-state index in [4.69, 9.17) is 9.47 Å². The largest absolute Gasteiger partial charge is 0.393 e. The van der Waals surface area contributed by atoms with Crippen LogP contribution in [0.15, 0.2) is 12.2 Å². The molecule has 6 rings (SSSR count). The molecule has 2 heterocycles. The van der Waals surface area contributed by atoms with Crippen molar-refractivity contribution in [3.63, 3.8) is 0 Å². The zero-order valence-electron chi connectivity index (χ0n) is 16.7. The fourth-order valence-corrected chi connectivity index (χ4v) is 8.55. The summed E-state index contributed by atoms with van der Waals surface area (Å²) in [4.78, 5) is 0. The summed E-state index contributed by atoms with van der Waals surface area (Å²) in [5.74, 6) is -3.89. The highest BCUT2D eigenvalue weighted by Crippen LogP contribution is 2.78. The van der Waals surface area contributed by atoms with Gasteiger partial charge in [-0.2, -0.15) is 0 Å². The molecule has 4 bridgehead atoms. The molecule has 0 radical (unpaired) electrons. The Hall–Kier alpha value is -0.540. The van der Waals surface area contributed by atoms with Gasteiger partial charge in [0.1, 0.15) is 6.10 Å². The maximum Gasteiger partial charge on any atom is 0.206 e. The number of hydrogen-bond donors (Lipinski definition) is 5. The minimum absolute atomic E-state index is 0.265. The van der Waals surface area contributed by atoms with Gasteiger partial charge < -0.3 is 35.0 Å². The third-order valence-electron chi connectivity index (χ3n) is 9.25. The highest BCUT2D eigenvalue weighted by molar-refractivity contribution is 5.38. The monoisotopic (exact) mass is 396 g/mol. The van der Waals surface area contributed by atoms with Crippen molar-refractivity contribution < 1.29 is 35.0 Å². The van der Waals surface area contributed by atoms with Crippen LogP contribution in [-0.4, -0.2) is 69.1 Å². The van der Waals surface area contributed by atoms with E-state index in [1.807, 2.05) is 0 Å². The predicted octanol–water partition coefficient (Wildman–Crippen LogP) is 0.140. The minimum atomic E-state index is -2.25. The van der Waals surface area contributed by atoms with Crippen molar-refractivity contribution in [1.82, 2.24) is 0 Å². The van der Waals surface area contributed by atoms with Gasteiger partial charge in [-0.05, 0) is 30.3 Å². The van der Waals surface area contributed by atoms with Gasteiger partial charge in [-0.15, -0.1) is 0 Å². The van der Waals surface area contributed by atoms with Crippen LogP contribution >= 0.6 is 0 Å². The maximum absolute atomic E-state index is 11.9. The lowest BCUT2D eigenvalue weighted by Gasteiger charge is -2.76. The summed E-state index contributed by atoms with van der Waals surface area (Å²) in [7, 11) is 1.50. The van der Waals surface area contributed by atoms with Crippen molar-refractivity contribution in [2.24, 2.45) is 34.0 Å². The van der Waals surface area contributed by atoms with E-state index >= 15 is 0 Å². The van der Waals surface area contributed by atoms with Gasteiger partial charge >= 0.3 is 0 Å². The molecular weight excluding hydrogens is 364 g/mol. The maximum atomic E-state index is 11.9. The number of ether oxygens (including phenoxy) is 2. The Labute approximate surface area is 165 Å². The average molecular weight is 396 g/mol. The smallest absolute Gasteiger partial charge is 0.206 e. The van der Waals surface area contributed by atoms with Crippen LogP contribution in [0.2, 0.25) is 0 Å². The molecule has 6 aliphatic rings. The van der Waals surface area contributed by atoms with Crippen molar-refractivity contribution in [3.8, 4) is 0 Å². The zero-order chi connectivity index (χ0) is 20.4. The molecule has 0 aromatic heterocycles. The van der Waals surface area contributed by atoms with E-state index in [0.29, 0.717) is 12.0 Å². The highest BCUT2D eigenvalue weighted by atomic mass is 16.8.